The fourth-order valence-electron chi connectivity index (χ4n) is 0.0408. The molecule has 0 aliphatic rings. The van der Waals surface area contributed by atoms with Gasteiger partial charge in [-0.2, -0.15) is 10.5 Å². The van der Waals surface area contributed by atoms with E-state index in [-0.39, 0.29) is 22.4 Å². The van der Waals surface area contributed by atoms with Crippen LogP contribution in [0.1, 0.15) is 6.92 Å². The fraction of sp³-hybridized carbons (Fsp3) is 0.333. The molecular weight excluding hydrogens is 232 g/mol. The van der Waals surface area contributed by atoms with E-state index in [0.717, 1.165) is 6.19 Å². The van der Waals surface area contributed by atoms with Crippen LogP contribution in [0.4, 0.5) is 0 Å². The molecule has 1 N–H and O–H groups in total. The summed E-state index contributed by atoms with van der Waals surface area (Å²) in [4.78, 5) is 9.07. The first kappa shape index (κ1) is 16.0. The Balaban J connectivity index is -0.000000107. The monoisotopic (exact) mass is 235 g/mol. The van der Waals surface area contributed by atoms with E-state index in [4.69, 9.17) is 20.6 Å². The minimum Gasteiger partial charge on any atom is -0.234 e. The normalized spacial score (nSPS) is 4.30. The molecule has 0 spiro atoms. The summed E-state index contributed by atoms with van der Waals surface area (Å²) >= 11 is 0. The van der Waals surface area contributed by atoms with Crippen LogP contribution in [0.3, 0.4) is 0 Å². The Bertz CT molecular complexity index is 157. The number of hydrogen-bond donors (Lipinski definition) is 1. The van der Waals surface area contributed by atoms with Gasteiger partial charge in [0.25, 0.3) is 0 Å². The van der Waals surface area contributed by atoms with Crippen LogP contribution < -0.4 is 5.43 Å². The molecule has 0 aromatic heterocycles. The van der Waals surface area contributed by atoms with Crippen LogP contribution in [-0.2, 0) is 22.4 Å². The topological polar surface area (TPSA) is 103 Å². The number of hydrogen-bond acceptors (Lipinski definition) is 4. The van der Waals surface area contributed by atoms with Gasteiger partial charge in [0.2, 0.25) is 6.19 Å². The summed E-state index contributed by atoms with van der Waals surface area (Å²) in [6.45, 7) is 1.43. The predicted molar refractivity (Wildman–Crippen MR) is 27.0 cm³/mol. The van der Waals surface area contributed by atoms with Crippen molar-refractivity contribution in [2.24, 2.45) is 0 Å². The van der Waals surface area contributed by atoms with Crippen molar-refractivity contribution in [1.29, 1.82) is 10.5 Å². The average molecular weight is 236 g/mol. The Morgan fingerprint density at radius 3 is 1.90 bits per heavy atom. The molecule has 0 bridgehead atoms. The zero-order valence-corrected chi connectivity index (χ0v) is 6.44. The second kappa shape index (κ2) is 15.7. The van der Waals surface area contributed by atoms with Gasteiger partial charge in [-0.15, -0.1) is 0 Å². The molecule has 0 unspecified atom stereocenters. The molecule has 7 heteroatoms. The minimum atomic E-state index is -0.931. The smallest absolute Gasteiger partial charge is 0.234 e. The largest absolute Gasteiger partial charge is 0.241 e. The maximum absolute atomic E-state index is 9.07. The first-order valence-electron chi connectivity index (χ1n) is 1.79. The Hall–Kier alpha value is -1.08. The average Bonchev–Trinajstić information content (AvgIpc) is 1.67. The van der Waals surface area contributed by atoms with Crippen LogP contribution in [0.15, 0.2) is 0 Å². The van der Waals surface area contributed by atoms with E-state index in [1.54, 1.807) is 6.07 Å². The first-order chi connectivity index (χ1) is 4.18. The number of nitro groups is 1. The van der Waals surface area contributed by atoms with Crippen molar-refractivity contribution in [2.45, 2.75) is 6.92 Å². The maximum Gasteiger partial charge on any atom is 0.241 e. The molecular formula is C3H4AgN4O2. The van der Waals surface area contributed by atoms with E-state index in [2.05, 4.69) is 0 Å². The summed E-state index contributed by atoms with van der Waals surface area (Å²) < 4.78 is 0. The molecule has 1 radical (unpaired) electrons. The molecule has 6 nitrogen and oxygen atoms in total. The molecule has 0 atom stereocenters. The number of hydrazine groups is 1. The quantitative estimate of drug-likeness (QED) is 0.223. The number of rotatable bonds is 1. The van der Waals surface area contributed by atoms with Crippen molar-refractivity contribution in [1.82, 2.24) is 5.43 Å². The van der Waals surface area contributed by atoms with E-state index >= 15 is 0 Å². The minimum absolute atomic E-state index is 0. The van der Waals surface area contributed by atoms with E-state index in [9.17, 15) is 0 Å². The van der Waals surface area contributed by atoms with Crippen LogP contribution in [0, 0.1) is 32.9 Å². The van der Waals surface area contributed by atoms with Gasteiger partial charge in [-0.05, 0) is 5.43 Å². The zero-order chi connectivity index (χ0) is 7.70. The Kier molecular flexibility index (Phi) is 25.0. The molecule has 0 amide bonds. The van der Waals surface area contributed by atoms with Gasteiger partial charge >= 0.3 is 0 Å². The molecule has 0 aliphatic carbocycles. The van der Waals surface area contributed by atoms with Gasteiger partial charge in [-0.3, -0.25) is 0 Å². The summed E-state index contributed by atoms with van der Waals surface area (Å²) in [6.07, 6.45) is 1.12. The van der Waals surface area contributed by atoms with Gasteiger partial charge < -0.3 is 0 Å². The van der Waals surface area contributed by atoms with Gasteiger partial charge in [-0.1, -0.05) is 0 Å². The van der Waals surface area contributed by atoms with Crippen molar-refractivity contribution in [3.8, 4) is 12.3 Å². The molecule has 0 heterocycles. The summed E-state index contributed by atoms with van der Waals surface area (Å²) in [5.74, 6) is 0. The third-order valence-corrected chi connectivity index (χ3v) is 0.141. The van der Waals surface area contributed by atoms with Crippen LogP contribution >= 0.6 is 0 Å². The second-order valence-electron chi connectivity index (χ2n) is 0.704. The van der Waals surface area contributed by atoms with Crippen molar-refractivity contribution in [3.05, 3.63) is 10.1 Å². The SMILES string of the molecule is CC#N.N#CN[N+](=O)[O-].[Ag]. The van der Waals surface area contributed by atoms with Crippen LogP contribution in [0.25, 0.3) is 0 Å². The molecule has 0 aromatic carbocycles. The van der Waals surface area contributed by atoms with E-state index in [1.807, 2.05) is 0 Å². The molecule has 0 aliphatic heterocycles. The van der Waals surface area contributed by atoms with Crippen molar-refractivity contribution < 1.29 is 27.4 Å². The molecule has 59 valence electrons. The van der Waals surface area contributed by atoms with Gasteiger partial charge in [0.05, 0.1) is 6.07 Å². The van der Waals surface area contributed by atoms with Gasteiger partial charge in [0.15, 0.2) is 5.03 Å². The molecule has 0 saturated heterocycles. The molecule has 0 aromatic rings. The van der Waals surface area contributed by atoms with Crippen LogP contribution in [0.5, 0.6) is 0 Å². The summed E-state index contributed by atoms with van der Waals surface area (Å²) in [6, 6.07) is 1.75. The second-order valence-corrected chi connectivity index (χ2v) is 0.704. The first-order valence-corrected chi connectivity index (χ1v) is 1.79. The Morgan fingerprint density at radius 2 is 1.90 bits per heavy atom. The summed E-state index contributed by atoms with van der Waals surface area (Å²) in [5.41, 5.74) is 1.24. The predicted octanol–water partition coefficient (Wildman–Crippen LogP) is -0.224. The van der Waals surface area contributed by atoms with Gasteiger partial charge in [0.1, 0.15) is 0 Å². The Labute approximate surface area is 73.1 Å². The molecule has 10 heavy (non-hydrogen) atoms. The zero-order valence-electron chi connectivity index (χ0n) is 4.96. The van der Waals surface area contributed by atoms with E-state index < -0.39 is 5.03 Å². The van der Waals surface area contributed by atoms with E-state index in [1.165, 1.54) is 12.3 Å². The summed E-state index contributed by atoms with van der Waals surface area (Å²) in [5, 5.41) is 22.9. The van der Waals surface area contributed by atoms with Crippen LogP contribution in [0.2, 0.25) is 0 Å². The molecule has 0 fully saturated rings. The summed E-state index contributed by atoms with van der Waals surface area (Å²) in [7, 11) is 0. The third-order valence-electron chi connectivity index (χ3n) is 0.141. The van der Waals surface area contributed by atoms with Gasteiger partial charge in [0, 0.05) is 29.3 Å². The number of nitrogens with zero attached hydrogens (tertiary/aromatic N) is 3. The van der Waals surface area contributed by atoms with Crippen molar-refractivity contribution >= 4 is 0 Å². The number of nitrogens with one attached hydrogen (secondary N) is 1. The van der Waals surface area contributed by atoms with Crippen LogP contribution in [-0.4, -0.2) is 5.03 Å². The fourth-order valence-corrected chi connectivity index (χ4v) is 0.0408. The standard InChI is InChI=1S/C2H3N.CHN3O2.Ag/c1-2-3;2-1-3-4(5)6;/h1H3;3H;. The molecule has 0 rings (SSSR count). The van der Waals surface area contributed by atoms with Crippen molar-refractivity contribution in [2.75, 3.05) is 0 Å². The maximum atomic E-state index is 9.07. The van der Waals surface area contributed by atoms with E-state index in [0.29, 0.717) is 0 Å². The Morgan fingerprint density at radius 1 is 1.60 bits per heavy atom. The third kappa shape index (κ3) is 65.8. The number of nitriles is 2. The van der Waals surface area contributed by atoms with Gasteiger partial charge in [-0.25, -0.2) is 10.1 Å². The molecule has 0 saturated carbocycles. The van der Waals surface area contributed by atoms with Crippen molar-refractivity contribution in [3.63, 3.8) is 0 Å².